The fraction of sp³-hybridized carbons (Fsp3) is 0.250. The zero-order valence-corrected chi connectivity index (χ0v) is 10.6. The van der Waals surface area contributed by atoms with E-state index in [0.717, 1.165) is 5.69 Å². The average molecular weight is 262 g/mol. The maximum absolute atomic E-state index is 11.7. The van der Waals surface area contributed by atoms with Crippen molar-refractivity contribution in [3.8, 4) is 0 Å². The molecule has 2 aromatic heterocycles. The minimum absolute atomic E-state index is 0.135. The first-order chi connectivity index (χ1) is 9.08. The van der Waals surface area contributed by atoms with Crippen molar-refractivity contribution in [1.82, 2.24) is 15.5 Å². The molecule has 7 heteroatoms. The second-order valence-electron chi connectivity index (χ2n) is 4.02. The summed E-state index contributed by atoms with van der Waals surface area (Å²) in [6.07, 6.45) is 1.40. The van der Waals surface area contributed by atoms with Crippen LogP contribution in [0.4, 0.5) is 5.69 Å². The number of furan rings is 1. The molecular weight excluding hydrogens is 248 g/mol. The molecule has 0 radical (unpaired) electrons. The van der Waals surface area contributed by atoms with E-state index >= 15 is 0 Å². The Morgan fingerprint density at radius 1 is 1.42 bits per heavy atom. The highest BCUT2D eigenvalue weighted by molar-refractivity contribution is 5.98. The number of anilines is 1. The molecule has 0 aromatic carbocycles. The SMILES string of the molecule is Cc1n[nH]c(C)c1NC(=O)CNC(=O)c1ccco1. The van der Waals surface area contributed by atoms with Crippen LogP contribution in [0.1, 0.15) is 21.9 Å². The summed E-state index contributed by atoms with van der Waals surface area (Å²) in [5, 5.41) is 11.9. The Morgan fingerprint density at radius 3 is 2.79 bits per heavy atom. The number of hydrogen-bond acceptors (Lipinski definition) is 4. The molecule has 0 bridgehead atoms. The molecule has 7 nitrogen and oxygen atoms in total. The molecule has 19 heavy (non-hydrogen) atoms. The molecular formula is C12H14N4O3. The summed E-state index contributed by atoms with van der Waals surface area (Å²) >= 11 is 0. The van der Waals surface area contributed by atoms with Crippen molar-refractivity contribution < 1.29 is 14.0 Å². The lowest BCUT2D eigenvalue weighted by atomic mass is 10.3. The molecule has 0 fully saturated rings. The summed E-state index contributed by atoms with van der Waals surface area (Å²) in [5.74, 6) is -0.586. The quantitative estimate of drug-likeness (QED) is 0.764. The monoisotopic (exact) mass is 262 g/mol. The zero-order valence-electron chi connectivity index (χ0n) is 10.6. The van der Waals surface area contributed by atoms with Crippen LogP contribution in [-0.2, 0) is 4.79 Å². The van der Waals surface area contributed by atoms with Gasteiger partial charge in [0.1, 0.15) is 0 Å². The Kier molecular flexibility index (Phi) is 3.65. The van der Waals surface area contributed by atoms with E-state index in [2.05, 4.69) is 20.8 Å². The number of carbonyl (C=O) groups is 2. The molecule has 0 aliphatic rings. The van der Waals surface area contributed by atoms with Crippen molar-refractivity contribution in [2.45, 2.75) is 13.8 Å². The van der Waals surface area contributed by atoms with E-state index in [1.54, 1.807) is 19.9 Å². The lowest BCUT2D eigenvalue weighted by Gasteiger charge is -2.06. The number of H-pyrrole nitrogens is 1. The number of carbonyl (C=O) groups excluding carboxylic acids is 2. The maximum Gasteiger partial charge on any atom is 0.287 e. The number of nitrogens with one attached hydrogen (secondary N) is 3. The zero-order chi connectivity index (χ0) is 13.8. The lowest BCUT2D eigenvalue weighted by molar-refractivity contribution is -0.115. The van der Waals surface area contributed by atoms with Crippen molar-refractivity contribution in [2.75, 3.05) is 11.9 Å². The highest BCUT2D eigenvalue weighted by Crippen LogP contribution is 2.15. The summed E-state index contributed by atoms with van der Waals surface area (Å²) in [7, 11) is 0. The normalized spacial score (nSPS) is 10.2. The van der Waals surface area contributed by atoms with Crippen molar-refractivity contribution in [2.24, 2.45) is 0 Å². The Morgan fingerprint density at radius 2 is 2.21 bits per heavy atom. The molecule has 0 saturated carbocycles. The molecule has 3 N–H and O–H groups in total. The van der Waals surface area contributed by atoms with Crippen LogP contribution in [0.2, 0.25) is 0 Å². The van der Waals surface area contributed by atoms with Crippen LogP contribution < -0.4 is 10.6 Å². The third kappa shape index (κ3) is 3.01. The largest absolute Gasteiger partial charge is 0.459 e. The van der Waals surface area contributed by atoms with E-state index in [9.17, 15) is 9.59 Å². The average Bonchev–Trinajstić information content (AvgIpc) is 3.01. The van der Waals surface area contributed by atoms with Crippen LogP contribution in [0.3, 0.4) is 0 Å². The van der Waals surface area contributed by atoms with Gasteiger partial charge in [-0.3, -0.25) is 14.7 Å². The van der Waals surface area contributed by atoms with Gasteiger partial charge in [0.05, 0.1) is 29.9 Å². The van der Waals surface area contributed by atoms with E-state index < -0.39 is 5.91 Å². The van der Waals surface area contributed by atoms with E-state index in [0.29, 0.717) is 11.4 Å². The molecule has 0 unspecified atom stereocenters. The Labute approximate surface area is 109 Å². The van der Waals surface area contributed by atoms with Crippen LogP contribution in [0.25, 0.3) is 0 Å². The first-order valence-electron chi connectivity index (χ1n) is 5.71. The number of rotatable bonds is 4. The van der Waals surface area contributed by atoms with Gasteiger partial charge in [-0.05, 0) is 26.0 Å². The number of amides is 2. The van der Waals surface area contributed by atoms with Gasteiger partial charge in [-0.2, -0.15) is 5.10 Å². The molecule has 0 spiro atoms. The van der Waals surface area contributed by atoms with Crippen LogP contribution in [0, 0.1) is 13.8 Å². The molecule has 2 amide bonds. The van der Waals surface area contributed by atoms with E-state index in [1.165, 1.54) is 12.3 Å². The first kappa shape index (κ1) is 12.9. The van der Waals surface area contributed by atoms with Crippen molar-refractivity contribution >= 4 is 17.5 Å². The van der Waals surface area contributed by atoms with Gasteiger partial charge in [-0.1, -0.05) is 0 Å². The van der Waals surface area contributed by atoms with Gasteiger partial charge >= 0.3 is 0 Å². The third-order valence-electron chi connectivity index (χ3n) is 2.55. The fourth-order valence-corrected chi connectivity index (χ4v) is 1.57. The minimum Gasteiger partial charge on any atom is -0.459 e. The fourth-order valence-electron chi connectivity index (χ4n) is 1.57. The Balaban J connectivity index is 1.87. The molecule has 0 atom stereocenters. The molecule has 2 heterocycles. The van der Waals surface area contributed by atoms with E-state index in [4.69, 9.17) is 4.42 Å². The number of hydrogen-bond donors (Lipinski definition) is 3. The first-order valence-corrected chi connectivity index (χ1v) is 5.71. The molecule has 100 valence electrons. The lowest BCUT2D eigenvalue weighted by Crippen LogP contribution is -2.32. The van der Waals surface area contributed by atoms with Crippen LogP contribution in [0.15, 0.2) is 22.8 Å². The number of aromatic amines is 1. The maximum atomic E-state index is 11.7. The van der Waals surface area contributed by atoms with Gasteiger partial charge in [-0.25, -0.2) is 0 Å². The molecule has 2 rings (SSSR count). The number of aromatic nitrogens is 2. The summed E-state index contributed by atoms with van der Waals surface area (Å²) in [4.78, 5) is 23.2. The summed E-state index contributed by atoms with van der Waals surface area (Å²) in [5.41, 5.74) is 2.10. The van der Waals surface area contributed by atoms with Crippen molar-refractivity contribution in [3.63, 3.8) is 0 Å². The predicted molar refractivity (Wildman–Crippen MR) is 67.7 cm³/mol. The second-order valence-corrected chi connectivity index (χ2v) is 4.02. The second kappa shape index (κ2) is 5.38. The Hall–Kier alpha value is -2.57. The van der Waals surface area contributed by atoms with Gasteiger partial charge in [0.2, 0.25) is 5.91 Å². The Bertz CT molecular complexity index is 567. The van der Waals surface area contributed by atoms with Crippen LogP contribution in [-0.4, -0.2) is 28.6 Å². The van der Waals surface area contributed by atoms with Crippen molar-refractivity contribution in [1.29, 1.82) is 0 Å². The summed E-state index contributed by atoms with van der Waals surface area (Å²) < 4.78 is 4.91. The molecule has 2 aromatic rings. The molecule has 0 aliphatic heterocycles. The van der Waals surface area contributed by atoms with E-state index in [-0.39, 0.29) is 18.2 Å². The third-order valence-corrected chi connectivity index (χ3v) is 2.55. The highest BCUT2D eigenvalue weighted by Gasteiger charge is 2.13. The predicted octanol–water partition coefficient (Wildman–Crippen LogP) is 0.988. The van der Waals surface area contributed by atoms with Crippen LogP contribution in [0.5, 0.6) is 0 Å². The smallest absolute Gasteiger partial charge is 0.287 e. The van der Waals surface area contributed by atoms with Gasteiger partial charge < -0.3 is 15.1 Å². The molecule has 0 saturated heterocycles. The van der Waals surface area contributed by atoms with Gasteiger partial charge in [0.25, 0.3) is 5.91 Å². The standard InChI is InChI=1S/C12H14N4O3/c1-7-11(8(2)16-15-7)14-10(17)6-13-12(18)9-4-3-5-19-9/h3-5H,6H2,1-2H3,(H,13,18)(H,14,17)(H,15,16). The van der Waals surface area contributed by atoms with Crippen molar-refractivity contribution in [3.05, 3.63) is 35.5 Å². The number of nitrogens with zero attached hydrogens (tertiary/aromatic N) is 1. The van der Waals surface area contributed by atoms with E-state index in [1.807, 2.05) is 0 Å². The van der Waals surface area contributed by atoms with Crippen LogP contribution >= 0.6 is 0 Å². The van der Waals surface area contributed by atoms with Gasteiger partial charge in [-0.15, -0.1) is 0 Å². The minimum atomic E-state index is -0.430. The highest BCUT2D eigenvalue weighted by atomic mass is 16.3. The summed E-state index contributed by atoms with van der Waals surface area (Å²) in [6.45, 7) is 3.45. The van der Waals surface area contributed by atoms with Gasteiger partial charge in [0.15, 0.2) is 5.76 Å². The summed E-state index contributed by atoms with van der Waals surface area (Å²) in [6, 6.07) is 3.13. The molecule has 0 aliphatic carbocycles. The topological polar surface area (TPSA) is 100 Å². The van der Waals surface area contributed by atoms with Gasteiger partial charge in [0, 0.05) is 0 Å². The number of aryl methyl sites for hydroxylation is 2.